The molecule has 0 heterocycles. The number of amides is 2. The monoisotopic (exact) mass is 344 g/mol. The van der Waals surface area contributed by atoms with Crippen molar-refractivity contribution in [3.05, 3.63) is 34.6 Å². The van der Waals surface area contributed by atoms with Crippen LogP contribution in [-0.4, -0.2) is 41.9 Å². The SMILES string of the molecule is CN(C)C(=O)CCCC(=O)NC(C(=O)O)c1ccc(Cl)c(F)c1. The first-order valence-corrected chi connectivity index (χ1v) is 7.27. The molecule has 8 heteroatoms. The fourth-order valence-electron chi connectivity index (χ4n) is 1.84. The fraction of sp³-hybridized carbons (Fsp3) is 0.400. The van der Waals surface area contributed by atoms with E-state index in [0.717, 1.165) is 6.07 Å². The fourth-order valence-corrected chi connectivity index (χ4v) is 1.95. The van der Waals surface area contributed by atoms with Gasteiger partial charge in [0.1, 0.15) is 5.82 Å². The van der Waals surface area contributed by atoms with Crippen LogP contribution in [0.5, 0.6) is 0 Å². The Morgan fingerprint density at radius 2 is 1.96 bits per heavy atom. The van der Waals surface area contributed by atoms with Crippen LogP contribution in [0.2, 0.25) is 5.02 Å². The molecule has 1 aromatic carbocycles. The molecule has 2 amide bonds. The lowest BCUT2D eigenvalue weighted by Gasteiger charge is -2.15. The average Bonchev–Trinajstić information content (AvgIpc) is 2.47. The molecule has 126 valence electrons. The molecule has 0 aliphatic rings. The van der Waals surface area contributed by atoms with Gasteiger partial charge in [-0.3, -0.25) is 9.59 Å². The number of aliphatic carboxylic acids is 1. The molecule has 6 nitrogen and oxygen atoms in total. The van der Waals surface area contributed by atoms with E-state index in [1.807, 2.05) is 0 Å². The Bertz CT molecular complexity index is 607. The first-order chi connectivity index (χ1) is 10.7. The molecule has 0 saturated heterocycles. The van der Waals surface area contributed by atoms with Crippen LogP contribution < -0.4 is 5.32 Å². The Morgan fingerprint density at radius 3 is 2.48 bits per heavy atom. The summed E-state index contributed by atoms with van der Waals surface area (Å²) < 4.78 is 13.4. The second-order valence-electron chi connectivity index (χ2n) is 5.15. The van der Waals surface area contributed by atoms with Gasteiger partial charge in [0.25, 0.3) is 0 Å². The molecule has 23 heavy (non-hydrogen) atoms. The number of benzene rings is 1. The second-order valence-corrected chi connectivity index (χ2v) is 5.56. The van der Waals surface area contributed by atoms with Gasteiger partial charge in [0.2, 0.25) is 11.8 Å². The zero-order valence-corrected chi connectivity index (χ0v) is 13.6. The number of carboxylic acid groups (broad SMARTS) is 1. The van der Waals surface area contributed by atoms with Gasteiger partial charge in [-0.15, -0.1) is 0 Å². The molecular weight excluding hydrogens is 327 g/mol. The minimum atomic E-state index is -1.38. The number of carboxylic acids is 1. The zero-order valence-electron chi connectivity index (χ0n) is 12.8. The van der Waals surface area contributed by atoms with Crippen molar-refractivity contribution in [3.8, 4) is 0 Å². The quantitative estimate of drug-likeness (QED) is 0.791. The largest absolute Gasteiger partial charge is 0.479 e. The predicted octanol–water partition coefficient (Wildman–Crippen LogP) is 1.98. The highest BCUT2D eigenvalue weighted by atomic mass is 35.5. The van der Waals surface area contributed by atoms with Gasteiger partial charge in [0, 0.05) is 26.9 Å². The van der Waals surface area contributed by atoms with E-state index in [-0.39, 0.29) is 29.3 Å². The highest BCUT2D eigenvalue weighted by Crippen LogP contribution is 2.20. The third kappa shape index (κ3) is 5.86. The number of halogens is 2. The molecule has 0 fully saturated rings. The van der Waals surface area contributed by atoms with E-state index in [4.69, 9.17) is 11.6 Å². The van der Waals surface area contributed by atoms with Crippen LogP contribution in [0.4, 0.5) is 4.39 Å². The third-order valence-electron chi connectivity index (χ3n) is 3.12. The van der Waals surface area contributed by atoms with Gasteiger partial charge in [0.15, 0.2) is 6.04 Å². The molecule has 0 aliphatic carbocycles. The van der Waals surface area contributed by atoms with Crippen molar-refractivity contribution in [2.24, 2.45) is 0 Å². The molecule has 1 aromatic rings. The predicted molar refractivity (Wildman–Crippen MR) is 82.5 cm³/mol. The molecular formula is C15H18ClFN2O4. The van der Waals surface area contributed by atoms with E-state index in [2.05, 4.69) is 5.32 Å². The summed E-state index contributed by atoms with van der Waals surface area (Å²) in [6, 6.07) is 2.15. The summed E-state index contributed by atoms with van der Waals surface area (Å²) in [6.07, 6.45) is 0.483. The topological polar surface area (TPSA) is 86.7 Å². The number of nitrogens with one attached hydrogen (secondary N) is 1. The van der Waals surface area contributed by atoms with Gasteiger partial charge < -0.3 is 15.3 Å². The summed E-state index contributed by atoms with van der Waals surface area (Å²) in [7, 11) is 3.22. The molecule has 1 atom stereocenters. The number of rotatable bonds is 7. The van der Waals surface area contributed by atoms with Gasteiger partial charge in [-0.05, 0) is 24.1 Å². The van der Waals surface area contributed by atoms with Crippen molar-refractivity contribution < 1.29 is 23.9 Å². The van der Waals surface area contributed by atoms with E-state index < -0.39 is 23.7 Å². The van der Waals surface area contributed by atoms with Gasteiger partial charge in [-0.1, -0.05) is 17.7 Å². The van der Waals surface area contributed by atoms with Crippen molar-refractivity contribution in [3.63, 3.8) is 0 Å². The smallest absolute Gasteiger partial charge is 0.330 e. The van der Waals surface area contributed by atoms with Gasteiger partial charge in [-0.25, -0.2) is 9.18 Å². The highest BCUT2D eigenvalue weighted by Gasteiger charge is 2.23. The normalized spacial score (nSPS) is 11.7. The first-order valence-electron chi connectivity index (χ1n) is 6.89. The summed E-state index contributed by atoms with van der Waals surface area (Å²) >= 11 is 5.55. The van der Waals surface area contributed by atoms with E-state index in [0.29, 0.717) is 6.42 Å². The molecule has 0 bridgehead atoms. The molecule has 0 aliphatic heterocycles. The second kappa shape index (κ2) is 8.47. The van der Waals surface area contributed by atoms with Gasteiger partial charge in [0.05, 0.1) is 5.02 Å². The number of hydrogen-bond donors (Lipinski definition) is 2. The number of hydrogen-bond acceptors (Lipinski definition) is 3. The van der Waals surface area contributed by atoms with Gasteiger partial charge in [-0.2, -0.15) is 0 Å². The number of carbonyl (C=O) groups is 3. The van der Waals surface area contributed by atoms with E-state index in [1.54, 1.807) is 14.1 Å². The van der Waals surface area contributed by atoms with Crippen molar-refractivity contribution >= 4 is 29.4 Å². The van der Waals surface area contributed by atoms with Crippen LogP contribution in [0.1, 0.15) is 30.9 Å². The molecule has 0 radical (unpaired) electrons. The summed E-state index contributed by atoms with van der Waals surface area (Å²) in [4.78, 5) is 35.9. The summed E-state index contributed by atoms with van der Waals surface area (Å²) in [5.74, 6) is -2.72. The molecule has 0 spiro atoms. The molecule has 2 N–H and O–H groups in total. The first kappa shape index (κ1) is 18.9. The lowest BCUT2D eigenvalue weighted by molar-refractivity contribution is -0.142. The molecule has 0 aromatic heterocycles. The molecule has 1 rings (SSSR count). The maximum Gasteiger partial charge on any atom is 0.330 e. The Balaban J connectivity index is 2.65. The van der Waals surface area contributed by atoms with E-state index >= 15 is 0 Å². The molecule has 0 saturated carbocycles. The Labute approximate surface area is 138 Å². The maximum absolute atomic E-state index is 13.4. The third-order valence-corrected chi connectivity index (χ3v) is 3.43. The summed E-state index contributed by atoms with van der Waals surface area (Å²) in [5, 5.41) is 11.4. The minimum Gasteiger partial charge on any atom is -0.479 e. The lowest BCUT2D eigenvalue weighted by Crippen LogP contribution is -2.33. The van der Waals surface area contributed by atoms with Crippen LogP contribution in [0.15, 0.2) is 18.2 Å². The number of carbonyl (C=O) groups excluding carboxylic acids is 2. The van der Waals surface area contributed by atoms with Crippen LogP contribution >= 0.6 is 11.6 Å². The summed E-state index contributed by atoms with van der Waals surface area (Å²) in [6.45, 7) is 0. The maximum atomic E-state index is 13.4. The van der Waals surface area contributed by atoms with Crippen molar-refractivity contribution in [1.82, 2.24) is 10.2 Å². The van der Waals surface area contributed by atoms with Crippen LogP contribution in [0.25, 0.3) is 0 Å². The lowest BCUT2D eigenvalue weighted by atomic mass is 10.1. The van der Waals surface area contributed by atoms with E-state index in [1.165, 1.54) is 17.0 Å². The average molecular weight is 345 g/mol. The minimum absolute atomic E-state index is 0.000564. The standard InChI is InChI=1S/C15H18ClFN2O4/c1-19(2)13(21)5-3-4-12(20)18-14(15(22)23)9-6-7-10(16)11(17)8-9/h6-8,14H,3-5H2,1-2H3,(H,18,20)(H,22,23). The van der Waals surface area contributed by atoms with E-state index in [9.17, 15) is 23.9 Å². The number of nitrogens with zero attached hydrogens (tertiary/aromatic N) is 1. The van der Waals surface area contributed by atoms with Crippen LogP contribution in [-0.2, 0) is 14.4 Å². The Kier molecular flexibility index (Phi) is 6.96. The van der Waals surface area contributed by atoms with Crippen LogP contribution in [0, 0.1) is 5.82 Å². The van der Waals surface area contributed by atoms with Crippen molar-refractivity contribution in [2.45, 2.75) is 25.3 Å². The van der Waals surface area contributed by atoms with Crippen molar-refractivity contribution in [1.29, 1.82) is 0 Å². The Morgan fingerprint density at radius 1 is 1.30 bits per heavy atom. The highest BCUT2D eigenvalue weighted by molar-refractivity contribution is 6.30. The summed E-state index contributed by atoms with van der Waals surface area (Å²) in [5.41, 5.74) is 0.0807. The Hall–Kier alpha value is -2.15. The van der Waals surface area contributed by atoms with Crippen molar-refractivity contribution in [2.75, 3.05) is 14.1 Å². The zero-order chi connectivity index (χ0) is 17.6. The van der Waals surface area contributed by atoms with Crippen LogP contribution in [0.3, 0.4) is 0 Å². The molecule has 1 unspecified atom stereocenters. The van der Waals surface area contributed by atoms with Gasteiger partial charge >= 0.3 is 5.97 Å².